The summed E-state index contributed by atoms with van der Waals surface area (Å²) < 4.78 is 5.44. The van der Waals surface area contributed by atoms with E-state index >= 15 is 0 Å². The summed E-state index contributed by atoms with van der Waals surface area (Å²) in [7, 11) is 0. The van der Waals surface area contributed by atoms with Crippen molar-refractivity contribution in [1.29, 1.82) is 0 Å². The third kappa shape index (κ3) is 4.01. The molecule has 0 saturated carbocycles. The van der Waals surface area contributed by atoms with E-state index in [2.05, 4.69) is 5.32 Å². The van der Waals surface area contributed by atoms with Gasteiger partial charge >= 0.3 is 5.97 Å². The predicted octanol–water partition coefficient (Wildman–Crippen LogP) is 3.56. The van der Waals surface area contributed by atoms with E-state index in [1.165, 1.54) is 0 Å². The van der Waals surface area contributed by atoms with E-state index in [0.29, 0.717) is 17.0 Å². The van der Waals surface area contributed by atoms with Crippen LogP contribution in [0, 0.1) is 11.8 Å². The molecular formula is C16H18ClNO4. The van der Waals surface area contributed by atoms with Crippen LogP contribution in [0.4, 0.5) is 0 Å². The average Bonchev–Trinajstić information content (AvgIpc) is 2.85. The molecule has 118 valence electrons. The molecule has 0 fully saturated rings. The van der Waals surface area contributed by atoms with Gasteiger partial charge in [-0.1, -0.05) is 25.4 Å². The Bertz CT molecular complexity index is 693. The van der Waals surface area contributed by atoms with Crippen LogP contribution in [0.1, 0.15) is 30.8 Å². The Morgan fingerprint density at radius 3 is 2.68 bits per heavy atom. The second-order valence-corrected chi connectivity index (χ2v) is 6.10. The molecule has 0 bridgehead atoms. The fourth-order valence-electron chi connectivity index (χ4n) is 2.27. The zero-order chi connectivity index (χ0) is 16.3. The second-order valence-electron chi connectivity index (χ2n) is 5.67. The molecule has 0 radical (unpaired) electrons. The molecule has 6 heteroatoms. The quantitative estimate of drug-likeness (QED) is 0.851. The van der Waals surface area contributed by atoms with Gasteiger partial charge in [0.1, 0.15) is 5.58 Å². The maximum atomic E-state index is 12.1. The molecule has 2 rings (SSSR count). The highest BCUT2D eigenvalue weighted by Crippen LogP contribution is 2.23. The molecule has 1 aromatic carbocycles. The van der Waals surface area contributed by atoms with Crippen molar-refractivity contribution >= 4 is 34.4 Å². The van der Waals surface area contributed by atoms with Gasteiger partial charge in [-0.05, 0) is 36.6 Å². The highest BCUT2D eigenvalue weighted by molar-refractivity contribution is 6.31. The van der Waals surface area contributed by atoms with Crippen molar-refractivity contribution in [3.8, 4) is 0 Å². The molecule has 0 aliphatic heterocycles. The number of halogens is 1. The summed E-state index contributed by atoms with van der Waals surface area (Å²) in [4.78, 5) is 23.3. The minimum Gasteiger partial charge on any atom is -0.481 e. The molecule has 1 amide bonds. The van der Waals surface area contributed by atoms with Gasteiger partial charge in [-0.2, -0.15) is 0 Å². The fourth-order valence-corrected chi connectivity index (χ4v) is 2.45. The number of fused-ring (bicyclic) bond motifs is 1. The van der Waals surface area contributed by atoms with Gasteiger partial charge in [0.25, 0.3) is 5.91 Å². The maximum Gasteiger partial charge on any atom is 0.308 e. The number of carboxylic acids is 1. The number of nitrogens with one attached hydrogen (secondary N) is 1. The SMILES string of the molecule is CC(C)CC(CNC(=O)c1cc2cc(Cl)ccc2o1)C(=O)O. The summed E-state index contributed by atoms with van der Waals surface area (Å²) in [5.41, 5.74) is 0.562. The standard InChI is InChI=1S/C16H18ClNO4/c1-9(2)5-11(16(20)21)8-18-15(19)14-7-10-6-12(17)3-4-13(10)22-14/h3-4,6-7,9,11H,5,8H2,1-2H3,(H,18,19)(H,20,21). The van der Waals surface area contributed by atoms with E-state index in [9.17, 15) is 9.59 Å². The minimum absolute atomic E-state index is 0.0736. The first-order valence-electron chi connectivity index (χ1n) is 7.07. The number of amides is 1. The molecule has 0 saturated heterocycles. The Hall–Kier alpha value is -2.01. The molecule has 0 aliphatic carbocycles. The van der Waals surface area contributed by atoms with Gasteiger partial charge in [0.15, 0.2) is 5.76 Å². The predicted molar refractivity (Wildman–Crippen MR) is 84.1 cm³/mol. The monoisotopic (exact) mass is 323 g/mol. The molecule has 1 atom stereocenters. The van der Waals surface area contributed by atoms with Gasteiger partial charge in [0.2, 0.25) is 0 Å². The molecule has 2 N–H and O–H groups in total. The van der Waals surface area contributed by atoms with Gasteiger partial charge in [0.05, 0.1) is 5.92 Å². The van der Waals surface area contributed by atoms with Crippen LogP contribution in [0.15, 0.2) is 28.7 Å². The topological polar surface area (TPSA) is 79.5 Å². The van der Waals surface area contributed by atoms with Crippen LogP contribution < -0.4 is 5.32 Å². The Balaban J connectivity index is 2.05. The normalized spacial score (nSPS) is 12.5. The van der Waals surface area contributed by atoms with Crippen molar-refractivity contribution in [1.82, 2.24) is 5.32 Å². The molecule has 22 heavy (non-hydrogen) atoms. The summed E-state index contributed by atoms with van der Waals surface area (Å²) in [6.45, 7) is 3.96. The zero-order valence-electron chi connectivity index (χ0n) is 12.4. The van der Waals surface area contributed by atoms with E-state index in [4.69, 9.17) is 21.1 Å². The largest absolute Gasteiger partial charge is 0.481 e. The summed E-state index contributed by atoms with van der Waals surface area (Å²) in [5, 5.41) is 13.1. The molecule has 1 unspecified atom stereocenters. The van der Waals surface area contributed by atoms with Crippen LogP contribution in [0.3, 0.4) is 0 Å². The highest BCUT2D eigenvalue weighted by atomic mass is 35.5. The van der Waals surface area contributed by atoms with Crippen molar-refractivity contribution < 1.29 is 19.1 Å². The van der Waals surface area contributed by atoms with Crippen molar-refractivity contribution in [2.45, 2.75) is 20.3 Å². The van der Waals surface area contributed by atoms with E-state index in [1.807, 2.05) is 13.8 Å². The second kappa shape index (κ2) is 6.83. The van der Waals surface area contributed by atoms with E-state index < -0.39 is 17.8 Å². The summed E-state index contributed by atoms with van der Waals surface area (Å²) in [6, 6.07) is 6.66. The van der Waals surface area contributed by atoms with Crippen molar-refractivity contribution in [2.24, 2.45) is 11.8 Å². The summed E-state index contributed by atoms with van der Waals surface area (Å²) in [5.74, 6) is -1.56. The maximum absolute atomic E-state index is 12.1. The molecule has 5 nitrogen and oxygen atoms in total. The number of aliphatic carboxylic acids is 1. The molecular weight excluding hydrogens is 306 g/mol. The number of hydrogen-bond donors (Lipinski definition) is 2. The number of carbonyl (C=O) groups is 2. The van der Waals surface area contributed by atoms with Crippen molar-refractivity contribution in [2.75, 3.05) is 6.54 Å². The Kier molecular flexibility index (Phi) is 5.08. The lowest BCUT2D eigenvalue weighted by molar-refractivity contribution is -0.142. The molecule has 2 aromatic rings. The first-order chi connectivity index (χ1) is 10.4. The fraction of sp³-hybridized carbons (Fsp3) is 0.375. The van der Waals surface area contributed by atoms with Crippen molar-refractivity contribution in [3.05, 3.63) is 35.0 Å². The zero-order valence-corrected chi connectivity index (χ0v) is 13.2. The minimum atomic E-state index is -0.912. The van der Waals surface area contributed by atoms with Crippen LogP contribution in [-0.4, -0.2) is 23.5 Å². The van der Waals surface area contributed by atoms with E-state index in [0.717, 1.165) is 5.39 Å². The summed E-state index contributed by atoms with van der Waals surface area (Å²) >= 11 is 5.89. The number of carbonyl (C=O) groups excluding carboxylic acids is 1. The van der Waals surface area contributed by atoms with E-state index in [1.54, 1.807) is 24.3 Å². The van der Waals surface area contributed by atoms with Gasteiger partial charge in [-0.3, -0.25) is 9.59 Å². The third-order valence-electron chi connectivity index (χ3n) is 3.32. The van der Waals surface area contributed by atoms with Gasteiger partial charge in [-0.25, -0.2) is 0 Å². The third-order valence-corrected chi connectivity index (χ3v) is 3.55. The lowest BCUT2D eigenvalue weighted by Crippen LogP contribution is -2.33. The van der Waals surface area contributed by atoms with Crippen LogP contribution in [-0.2, 0) is 4.79 Å². The molecule has 1 aromatic heterocycles. The molecule has 1 heterocycles. The number of benzene rings is 1. The first kappa shape index (κ1) is 16.4. The highest BCUT2D eigenvalue weighted by Gasteiger charge is 2.21. The van der Waals surface area contributed by atoms with Crippen LogP contribution >= 0.6 is 11.6 Å². The van der Waals surface area contributed by atoms with Crippen LogP contribution in [0.25, 0.3) is 11.0 Å². The Labute approximate surface area is 133 Å². The number of furan rings is 1. The molecule has 0 aliphatic rings. The van der Waals surface area contributed by atoms with Gasteiger partial charge < -0.3 is 14.8 Å². The summed E-state index contributed by atoms with van der Waals surface area (Å²) in [6.07, 6.45) is 0.505. The van der Waals surface area contributed by atoms with Crippen molar-refractivity contribution in [3.63, 3.8) is 0 Å². The lowest BCUT2D eigenvalue weighted by atomic mass is 9.97. The van der Waals surface area contributed by atoms with Gasteiger partial charge in [0, 0.05) is 17.0 Å². The number of carboxylic acid groups (broad SMARTS) is 1. The smallest absolute Gasteiger partial charge is 0.308 e. The number of hydrogen-bond acceptors (Lipinski definition) is 3. The Morgan fingerprint density at radius 2 is 2.05 bits per heavy atom. The lowest BCUT2D eigenvalue weighted by Gasteiger charge is -2.14. The number of rotatable bonds is 6. The first-order valence-corrected chi connectivity index (χ1v) is 7.44. The van der Waals surface area contributed by atoms with Crippen LogP contribution in [0.5, 0.6) is 0 Å². The Morgan fingerprint density at radius 1 is 1.32 bits per heavy atom. The average molecular weight is 324 g/mol. The molecule has 0 spiro atoms. The van der Waals surface area contributed by atoms with Gasteiger partial charge in [-0.15, -0.1) is 0 Å². The van der Waals surface area contributed by atoms with Crippen LogP contribution in [0.2, 0.25) is 5.02 Å². The van der Waals surface area contributed by atoms with E-state index in [-0.39, 0.29) is 18.2 Å².